The van der Waals surface area contributed by atoms with Crippen LogP contribution in [0, 0.1) is 0 Å². The molecule has 0 spiro atoms. The number of thiophene rings is 2. The largest absolute Gasteiger partial charge is 0.451 e. The van der Waals surface area contributed by atoms with Crippen molar-refractivity contribution in [2.24, 2.45) is 0 Å². The average Bonchev–Trinajstić information content (AvgIpc) is 3.48. The van der Waals surface area contributed by atoms with E-state index in [1.807, 2.05) is 24.3 Å². The Bertz CT molecular complexity index is 1010. The zero-order chi connectivity index (χ0) is 16.6. The van der Waals surface area contributed by atoms with Crippen LogP contribution in [0.3, 0.4) is 0 Å². The van der Waals surface area contributed by atoms with Gasteiger partial charge in [-0.25, -0.2) is 9.97 Å². The summed E-state index contributed by atoms with van der Waals surface area (Å²) in [4.78, 5) is 11.7. The standard InChI is InChI=1S/C18H10N2OS4/c1-3-15(22-7-1)11-9-24-17(19-11)13-5-6-14(21-13)18-20-12(10-25-18)16-4-2-8-23-16/h1-10H. The Balaban J connectivity index is 1.44. The molecular formula is C18H10N2OS4. The summed E-state index contributed by atoms with van der Waals surface area (Å²) in [5.41, 5.74) is 2.00. The second-order valence-corrected chi connectivity index (χ2v) is 8.81. The molecule has 0 saturated carbocycles. The van der Waals surface area contributed by atoms with E-state index in [9.17, 15) is 0 Å². The first-order valence-corrected chi connectivity index (χ1v) is 11.0. The topological polar surface area (TPSA) is 38.9 Å². The van der Waals surface area contributed by atoms with E-state index in [1.165, 1.54) is 9.75 Å². The highest BCUT2D eigenvalue weighted by molar-refractivity contribution is 7.16. The van der Waals surface area contributed by atoms with E-state index in [-0.39, 0.29) is 0 Å². The molecule has 7 heteroatoms. The van der Waals surface area contributed by atoms with E-state index in [2.05, 4.69) is 33.7 Å². The number of thiazole rings is 2. The summed E-state index contributed by atoms with van der Waals surface area (Å²) in [5.74, 6) is 1.58. The Morgan fingerprint density at radius 2 is 1.16 bits per heavy atom. The minimum atomic E-state index is 0.788. The second-order valence-electron chi connectivity index (χ2n) is 5.19. The number of rotatable bonds is 4. The lowest BCUT2D eigenvalue weighted by molar-refractivity contribution is 0.596. The molecule has 0 aliphatic carbocycles. The summed E-state index contributed by atoms with van der Waals surface area (Å²) in [7, 11) is 0. The number of furan rings is 1. The van der Waals surface area contributed by atoms with Crippen molar-refractivity contribution in [1.82, 2.24) is 9.97 Å². The van der Waals surface area contributed by atoms with Gasteiger partial charge in [0, 0.05) is 10.8 Å². The molecule has 0 aliphatic rings. The van der Waals surface area contributed by atoms with Gasteiger partial charge in [-0.3, -0.25) is 0 Å². The Morgan fingerprint density at radius 1 is 0.640 bits per heavy atom. The van der Waals surface area contributed by atoms with Crippen LogP contribution in [-0.2, 0) is 0 Å². The monoisotopic (exact) mass is 398 g/mol. The minimum Gasteiger partial charge on any atom is -0.451 e. The minimum absolute atomic E-state index is 0.788. The van der Waals surface area contributed by atoms with Gasteiger partial charge >= 0.3 is 0 Å². The molecule has 5 aromatic heterocycles. The van der Waals surface area contributed by atoms with Crippen molar-refractivity contribution >= 4 is 45.3 Å². The molecule has 5 rings (SSSR count). The van der Waals surface area contributed by atoms with Crippen molar-refractivity contribution < 1.29 is 4.42 Å². The van der Waals surface area contributed by atoms with Crippen molar-refractivity contribution in [3.63, 3.8) is 0 Å². The van der Waals surface area contributed by atoms with Crippen LogP contribution in [0.4, 0.5) is 0 Å². The van der Waals surface area contributed by atoms with Gasteiger partial charge in [-0.15, -0.1) is 45.3 Å². The summed E-state index contributed by atoms with van der Waals surface area (Å²) >= 11 is 6.59. The quantitative estimate of drug-likeness (QED) is 0.328. The molecule has 0 unspecified atom stereocenters. The zero-order valence-corrected chi connectivity index (χ0v) is 16.0. The van der Waals surface area contributed by atoms with E-state index in [4.69, 9.17) is 14.4 Å². The van der Waals surface area contributed by atoms with Crippen LogP contribution in [0.2, 0.25) is 0 Å². The summed E-state index contributed by atoms with van der Waals surface area (Å²) in [6, 6.07) is 12.2. The first-order chi connectivity index (χ1) is 12.4. The maximum Gasteiger partial charge on any atom is 0.163 e. The molecule has 0 radical (unpaired) electrons. The van der Waals surface area contributed by atoms with Gasteiger partial charge in [-0.1, -0.05) is 12.1 Å². The van der Waals surface area contributed by atoms with Crippen LogP contribution in [-0.4, -0.2) is 9.97 Å². The summed E-state index contributed by atoms with van der Waals surface area (Å²) in [6.07, 6.45) is 0. The Labute approximate surface area is 159 Å². The van der Waals surface area contributed by atoms with Crippen LogP contribution < -0.4 is 0 Å². The normalized spacial score (nSPS) is 11.2. The SMILES string of the molecule is c1csc(-c2csc(-c3ccc(-c4nc(-c5cccs5)cs4)o3)n2)c1. The maximum atomic E-state index is 6.02. The fraction of sp³-hybridized carbons (Fsp3) is 0. The summed E-state index contributed by atoms with van der Waals surface area (Å²) in [6.45, 7) is 0. The first kappa shape index (κ1) is 15.2. The van der Waals surface area contributed by atoms with E-state index < -0.39 is 0 Å². The van der Waals surface area contributed by atoms with Crippen molar-refractivity contribution in [3.8, 4) is 42.7 Å². The van der Waals surface area contributed by atoms with Crippen LogP contribution in [0.5, 0.6) is 0 Å². The molecular weight excluding hydrogens is 388 g/mol. The third-order valence-corrected chi connectivity index (χ3v) is 7.08. The Morgan fingerprint density at radius 3 is 1.60 bits per heavy atom. The van der Waals surface area contributed by atoms with Gasteiger partial charge < -0.3 is 4.42 Å². The molecule has 0 saturated heterocycles. The third-order valence-electron chi connectivity index (χ3n) is 3.58. The lowest BCUT2D eigenvalue weighted by Crippen LogP contribution is -1.75. The Kier molecular flexibility index (Phi) is 3.86. The molecule has 0 amide bonds. The van der Waals surface area contributed by atoms with Crippen LogP contribution in [0.1, 0.15) is 0 Å². The first-order valence-electron chi connectivity index (χ1n) is 7.46. The molecule has 0 N–H and O–H groups in total. The molecule has 122 valence electrons. The van der Waals surface area contributed by atoms with E-state index in [0.717, 1.165) is 32.9 Å². The fourth-order valence-corrected chi connectivity index (χ4v) is 5.50. The predicted molar refractivity (Wildman–Crippen MR) is 108 cm³/mol. The highest BCUT2D eigenvalue weighted by Gasteiger charge is 2.14. The van der Waals surface area contributed by atoms with Crippen LogP contribution >= 0.6 is 45.3 Å². The summed E-state index contributed by atoms with van der Waals surface area (Å²) < 4.78 is 6.02. The molecule has 0 fully saturated rings. The van der Waals surface area contributed by atoms with E-state index in [0.29, 0.717) is 0 Å². The van der Waals surface area contributed by atoms with Gasteiger partial charge in [-0.05, 0) is 35.0 Å². The molecule has 5 aromatic rings. The fourth-order valence-electron chi connectivity index (χ4n) is 2.42. The Hall–Kier alpha value is -2.06. The number of nitrogens with zero attached hydrogens (tertiary/aromatic N) is 2. The van der Waals surface area contributed by atoms with E-state index in [1.54, 1.807) is 45.3 Å². The molecule has 0 atom stereocenters. The average molecular weight is 399 g/mol. The third kappa shape index (κ3) is 2.89. The highest BCUT2D eigenvalue weighted by Crippen LogP contribution is 2.36. The van der Waals surface area contributed by atoms with Crippen LogP contribution in [0.25, 0.3) is 42.7 Å². The number of aromatic nitrogens is 2. The number of hydrogen-bond donors (Lipinski definition) is 0. The predicted octanol–water partition coefficient (Wildman–Crippen LogP) is 6.98. The van der Waals surface area contributed by atoms with Gasteiger partial charge in [0.1, 0.15) is 0 Å². The molecule has 0 aliphatic heterocycles. The van der Waals surface area contributed by atoms with Gasteiger partial charge in [0.2, 0.25) is 0 Å². The molecule has 0 bridgehead atoms. The van der Waals surface area contributed by atoms with E-state index >= 15 is 0 Å². The molecule has 3 nitrogen and oxygen atoms in total. The second kappa shape index (κ2) is 6.34. The van der Waals surface area contributed by atoms with Gasteiger partial charge in [0.25, 0.3) is 0 Å². The zero-order valence-electron chi connectivity index (χ0n) is 12.7. The lowest BCUT2D eigenvalue weighted by Gasteiger charge is -1.91. The smallest absolute Gasteiger partial charge is 0.163 e. The van der Waals surface area contributed by atoms with Crippen molar-refractivity contribution in [2.45, 2.75) is 0 Å². The summed E-state index contributed by atoms with van der Waals surface area (Å²) in [5, 5.41) is 10.1. The molecule has 25 heavy (non-hydrogen) atoms. The molecule has 5 heterocycles. The molecule has 0 aromatic carbocycles. The van der Waals surface area contributed by atoms with Gasteiger partial charge in [-0.2, -0.15) is 0 Å². The lowest BCUT2D eigenvalue weighted by atomic mass is 10.4. The highest BCUT2D eigenvalue weighted by atomic mass is 32.1. The van der Waals surface area contributed by atoms with Crippen molar-refractivity contribution in [3.05, 3.63) is 57.9 Å². The van der Waals surface area contributed by atoms with Gasteiger partial charge in [0.05, 0.1) is 21.1 Å². The van der Waals surface area contributed by atoms with Gasteiger partial charge in [0.15, 0.2) is 21.5 Å². The maximum absolute atomic E-state index is 6.02. The van der Waals surface area contributed by atoms with Crippen molar-refractivity contribution in [1.29, 1.82) is 0 Å². The van der Waals surface area contributed by atoms with Crippen LogP contribution in [0.15, 0.2) is 62.3 Å². The number of hydrogen-bond acceptors (Lipinski definition) is 7. The van der Waals surface area contributed by atoms with Crippen molar-refractivity contribution in [2.75, 3.05) is 0 Å².